The van der Waals surface area contributed by atoms with Crippen LogP contribution >= 0.6 is 0 Å². The number of nitrogens with one attached hydrogen (secondary N) is 2. The predicted octanol–water partition coefficient (Wildman–Crippen LogP) is 3.94. The molecule has 0 bridgehead atoms. The SMILES string of the molecule is CC(=O)c1ccc(C(=O)NCCCc2c[nH]c3ccccc23)c(C(C)=O)c1. The van der Waals surface area contributed by atoms with Crippen molar-refractivity contribution in [2.45, 2.75) is 26.7 Å². The average Bonchev–Trinajstić information content (AvgIpc) is 3.07. The third-order valence-electron chi connectivity index (χ3n) is 4.63. The minimum atomic E-state index is -0.297. The zero-order chi connectivity index (χ0) is 19.4. The maximum absolute atomic E-state index is 12.5. The zero-order valence-electron chi connectivity index (χ0n) is 15.5. The number of aromatic nitrogens is 1. The summed E-state index contributed by atoms with van der Waals surface area (Å²) in [5.41, 5.74) is 3.33. The summed E-state index contributed by atoms with van der Waals surface area (Å²) in [7, 11) is 0. The molecule has 3 aromatic rings. The number of amides is 1. The summed E-state index contributed by atoms with van der Waals surface area (Å²) in [6.07, 6.45) is 3.63. The Morgan fingerprint density at radius 1 is 0.963 bits per heavy atom. The van der Waals surface area contributed by atoms with E-state index in [2.05, 4.69) is 16.4 Å². The molecule has 0 spiro atoms. The minimum Gasteiger partial charge on any atom is -0.361 e. The van der Waals surface area contributed by atoms with Gasteiger partial charge < -0.3 is 10.3 Å². The molecule has 0 aliphatic rings. The molecule has 0 saturated heterocycles. The lowest BCUT2D eigenvalue weighted by atomic mass is 9.99. The Kier molecular flexibility index (Phi) is 5.50. The molecule has 0 aliphatic carbocycles. The molecule has 0 fully saturated rings. The predicted molar refractivity (Wildman–Crippen MR) is 105 cm³/mol. The Morgan fingerprint density at radius 3 is 2.48 bits per heavy atom. The number of aryl methyl sites for hydroxylation is 1. The van der Waals surface area contributed by atoms with Gasteiger partial charge in [0.1, 0.15) is 0 Å². The topological polar surface area (TPSA) is 79.0 Å². The molecule has 0 radical (unpaired) electrons. The minimum absolute atomic E-state index is 0.136. The molecule has 0 unspecified atom stereocenters. The maximum Gasteiger partial charge on any atom is 0.252 e. The molecule has 0 aliphatic heterocycles. The highest BCUT2D eigenvalue weighted by atomic mass is 16.2. The van der Waals surface area contributed by atoms with Crippen LogP contribution in [0.15, 0.2) is 48.7 Å². The fourth-order valence-electron chi connectivity index (χ4n) is 3.17. The quantitative estimate of drug-likeness (QED) is 0.494. The first-order chi connectivity index (χ1) is 13.0. The van der Waals surface area contributed by atoms with Crippen molar-refractivity contribution in [3.63, 3.8) is 0 Å². The number of H-pyrrole nitrogens is 1. The second kappa shape index (κ2) is 7.99. The molecule has 5 nitrogen and oxygen atoms in total. The number of Topliss-reactive ketones (excluding diaryl/α,β-unsaturated/α-hetero) is 2. The average molecular weight is 362 g/mol. The van der Waals surface area contributed by atoms with E-state index in [0.29, 0.717) is 17.7 Å². The van der Waals surface area contributed by atoms with Crippen molar-refractivity contribution < 1.29 is 14.4 Å². The number of rotatable bonds is 7. The molecule has 2 aromatic carbocycles. The summed E-state index contributed by atoms with van der Waals surface area (Å²) < 4.78 is 0. The van der Waals surface area contributed by atoms with Gasteiger partial charge in [0.05, 0.1) is 5.56 Å². The van der Waals surface area contributed by atoms with E-state index in [-0.39, 0.29) is 23.0 Å². The molecule has 1 aromatic heterocycles. The highest BCUT2D eigenvalue weighted by molar-refractivity contribution is 6.09. The van der Waals surface area contributed by atoms with Crippen molar-refractivity contribution >= 4 is 28.4 Å². The first kappa shape index (κ1) is 18.6. The molecule has 0 saturated carbocycles. The van der Waals surface area contributed by atoms with Crippen LogP contribution in [0.25, 0.3) is 10.9 Å². The number of para-hydroxylation sites is 1. The Hall–Kier alpha value is -3.21. The summed E-state index contributed by atoms with van der Waals surface area (Å²) in [5.74, 6) is -0.667. The standard InChI is InChI=1S/C22H22N2O3/c1-14(25)16-9-10-19(20(12-16)15(2)26)22(27)23-11-5-6-17-13-24-21-8-4-3-7-18(17)21/h3-4,7-10,12-13,24H,5-6,11H2,1-2H3,(H,23,27). The summed E-state index contributed by atoms with van der Waals surface area (Å²) in [6.45, 7) is 3.33. The van der Waals surface area contributed by atoms with E-state index >= 15 is 0 Å². The Morgan fingerprint density at radius 2 is 1.74 bits per heavy atom. The molecule has 3 rings (SSSR count). The fourth-order valence-corrected chi connectivity index (χ4v) is 3.17. The van der Waals surface area contributed by atoms with Gasteiger partial charge in [0, 0.05) is 34.8 Å². The second-order valence-corrected chi connectivity index (χ2v) is 6.59. The normalized spacial score (nSPS) is 10.7. The number of aromatic amines is 1. The first-order valence-electron chi connectivity index (χ1n) is 8.96. The van der Waals surface area contributed by atoms with Crippen LogP contribution in [0.5, 0.6) is 0 Å². The van der Waals surface area contributed by atoms with Crippen molar-refractivity contribution in [3.8, 4) is 0 Å². The van der Waals surface area contributed by atoms with Crippen LogP contribution in [0.4, 0.5) is 0 Å². The second-order valence-electron chi connectivity index (χ2n) is 6.59. The van der Waals surface area contributed by atoms with Gasteiger partial charge in [-0.05, 0) is 50.5 Å². The van der Waals surface area contributed by atoms with Crippen molar-refractivity contribution in [3.05, 3.63) is 70.9 Å². The lowest BCUT2D eigenvalue weighted by Crippen LogP contribution is -2.26. The van der Waals surface area contributed by atoms with E-state index in [1.165, 1.54) is 30.9 Å². The lowest BCUT2D eigenvalue weighted by Gasteiger charge is -2.09. The molecule has 1 amide bonds. The number of carbonyl (C=O) groups is 3. The van der Waals surface area contributed by atoms with Gasteiger partial charge in [-0.15, -0.1) is 0 Å². The van der Waals surface area contributed by atoms with Crippen molar-refractivity contribution in [1.82, 2.24) is 10.3 Å². The number of fused-ring (bicyclic) bond motifs is 1. The maximum atomic E-state index is 12.5. The van der Waals surface area contributed by atoms with E-state index in [4.69, 9.17) is 0 Å². The number of ketones is 2. The molecule has 2 N–H and O–H groups in total. The molecule has 27 heavy (non-hydrogen) atoms. The van der Waals surface area contributed by atoms with E-state index in [1.807, 2.05) is 24.4 Å². The zero-order valence-corrected chi connectivity index (χ0v) is 15.5. The summed E-state index contributed by atoms with van der Waals surface area (Å²) in [4.78, 5) is 39.1. The number of hydrogen-bond acceptors (Lipinski definition) is 3. The molecule has 1 heterocycles. The van der Waals surface area contributed by atoms with Crippen LogP contribution in [0.2, 0.25) is 0 Å². The van der Waals surface area contributed by atoms with Crippen LogP contribution in [0.3, 0.4) is 0 Å². The van der Waals surface area contributed by atoms with Gasteiger partial charge in [-0.3, -0.25) is 14.4 Å². The van der Waals surface area contributed by atoms with Gasteiger partial charge >= 0.3 is 0 Å². The molecular formula is C22H22N2O3. The smallest absolute Gasteiger partial charge is 0.252 e. The largest absolute Gasteiger partial charge is 0.361 e. The summed E-state index contributed by atoms with van der Waals surface area (Å²) in [5, 5.41) is 4.06. The summed E-state index contributed by atoms with van der Waals surface area (Å²) >= 11 is 0. The van der Waals surface area contributed by atoms with E-state index in [9.17, 15) is 14.4 Å². The van der Waals surface area contributed by atoms with Crippen LogP contribution in [-0.4, -0.2) is 29.0 Å². The van der Waals surface area contributed by atoms with E-state index < -0.39 is 0 Å². The van der Waals surface area contributed by atoms with Crippen molar-refractivity contribution in [1.29, 1.82) is 0 Å². The Balaban J connectivity index is 1.62. The van der Waals surface area contributed by atoms with Gasteiger partial charge in [-0.2, -0.15) is 0 Å². The number of carbonyl (C=O) groups excluding carboxylic acids is 3. The highest BCUT2D eigenvalue weighted by Crippen LogP contribution is 2.19. The van der Waals surface area contributed by atoms with E-state index in [1.54, 1.807) is 12.1 Å². The van der Waals surface area contributed by atoms with Gasteiger partial charge in [-0.1, -0.05) is 24.3 Å². The fraction of sp³-hybridized carbons (Fsp3) is 0.227. The number of benzene rings is 2. The van der Waals surface area contributed by atoms with Crippen molar-refractivity contribution in [2.75, 3.05) is 6.54 Å². The Bertz CT molecular complexity index is 1020. The van der Waals surface area contributed by atoms with Gasteiger partial charge in [0.25, 0.3) is 5.91 Å². The first-order valence-corrected chi connectivity index (χ1v) is 8.96. The lowest BCUT2D eigenvalue weighted by molar-refractivity contribution is 0.0937. The Labute approximate surface area is 157 Å². The van der Waals surface area contributed by atoms with Gasteiger partial charge in [-0.25, -0.2) is 0 Å². The van der Waals surface area contributed by atoms with E-state index in [0.717, 1.165) is 18.4 Å². The third-order valence-corrected chi connectivity index (χ3v) is 4.63. The van der Waals surface area contributed by atoms with Crippen LogP contribution in [0.1, 0.15) is 56.9 Å². The van der Waals surface area contributed by atoms with Crippen LogP contribution < -0.4 is 5.32 Å². The van der Waals surface area contributed by atoms with Crippen LogP contribution in [0, 0.1) is 0 Å². The molecule has 0 atom stereocenters. The van der Waals surface area contributed by atoms with Gasteiger partial charge in [0.15, 0.2) is 11.6 Å². The third kappa shape index (κ3) is 4.14. The molecule has 138 valence electrons. The van der Waals surface area contributed by atoms with Crippen LogP contribution in [-0.2, 0) is 6.42 Å². The highest BCUT2D eigenvalue weighted by Gasteiger charge is 2.16. The summed E-state index contributed by atoms with van der Waals surface area (Å²) in [6, 6.07) is 12.7. The van der Waals surface area contributed by atoms with Gasteiger partial charge in [0.2, 0.25) is 0 Å². The monoisotopic (exact) mass is 362 g/mol. The molecule has 5 heteroatoms. The molecular weight excluding hydrogens is 340 g/mol. The number of hydrogen-bond donors (Lipinski definition) is 2. The van der Waals surface area contributed by atoms with Crippen molar-refractivity contribution in [2.24, 2.45) is 0 Å².